The van der Waals surface area contributed by atoms with Gasteiger partial charge in [0.2, 0.25) is 5.91 Å². The molecule has 0 spiro atoms. The third kappa shape index (κ3) is 5.30. The first-order valence-corrected chi connectivity index (χ1v) is 7.37. The largest absolute Gasteiger partial charge is 0.462 e. The van der Waals surface area contributed by atoms with E-state index in [2.05, 4.69) is 10.6 Å². The SMILES string of the molecule is CCOC(=O)c1cc(C)sc1NC(=O)CNC(C)(C)C. The third-order valence-electron chi connectivity index (χ3n) is 2.38. The van der Waals surface area contributed by atoms with Crippen LogP contribution in [0.1, 0.15) is 42.9 Å². The van der Waals surface area contributed by atoms with Crippen molar-refractivity contribution in [2.45, 2.75) is 40.2 Å². The molecule has 6 heteroatoms. The highest BCUT2D eigenvalue weighted by atomic mass is 32.1. The monoisotopic (exact) mass is 298 g/mol. The zero-order valence-electron chi connectivity index (χ0n) is 12.6. The summed E-state index contributed by atoms with van der Waals surface area (Å²) in [6.45, 7) is 10.1. The Bertz CT molecular complexity index is 489. The molecule has 0 unspecified atom stereocenters. The molecule has 2 N–H and O–H groups in total. The van der Waals surface area contributed by atoms with Gasteiger partial charge in [-0.05, 0) is 40.7 Å². The average molecular weight is 298 g/mol. The van der Waals surface area contributed by atoms with Crippen LogP contribution in [-0.4, -0.2) is 30.6 Å². The van der Waals surface area contributed by atoms with E-state index in [0.29, 0.717) is 17.2 Å². The van der Waals surface area contributed by atoms with Gasteiger partial charge in [0, 0.05) is 10.4 Å². The first kappa shape index (κ1) is 16.7. The minimum Gasteiger partial charge on any atom is -0.462 e. The minimum atomic E-state index is -0.407. The Morgan fingerprint density at radius 1 is 1.35 bits per heavy atom. The van der Waals surface area contributed by atoms with E-state index in [1.807, 2.05) is 27.7 Å². The van der Waals surface area contributed by atoms with Gasteiger partial charge in [-0.2, -0.15) is 0 Å². The van der Waals surface area contributed by atoms with Crippen LogP contribution < -0.4 is 10.6 Å². The number of aryl methyl sites for hydroxylation is 1. The van der Waals surface area contributed by atoms with Crippen molar-refractivity contribution in [2.24, 2.45) is 0 Å². The molecule has 0 fully saturated rings. The number of carbonyl (C=O) groups is 2. The van der Waals surface area contributed by atoms with Gasteiger partial charge in [-0.25, -0.2) is 4.79 Å². The highest BCUT2D eigenvalue weighted by Crippen LogP contribution is 2.28. The fraction of sp³-hybridized carbons (Fsp3) is 0.571. The van der Waals surface area contributed by atoms with E-state index in [1.165, 1.54) is 11.3 Å². The van der Waals surface area contributed by atoms with Crippen LogP contribution in [-0.2, 0) is 9.53 Å². The molecule has 1 aromatic heterocycles. The molecule has 0 aromatic carbocycles. The van der Waals surface area contributed by atoms with Gasteiger partial charge in [-0.15, -0.1) is 11.3 Å². The molecule has 20 heavy (non-hydrogen) atoms. The zero-order valence-corrected chi connectivity index (χ0v) is 13.4. The Hall–Kier alpha value is -1.40. The van der Waals surface area contributed by atoms with Gasteiger partial charge in [0.05, 0.1) is 18.7 Å². The van der Waals surface area contributed by atoms with E-state index in [0.717, 1.165) is 4.88 Å². The van der Waals surface area contributed by atoms with Crippen LogP contribution in [0.3, 0.4) is 0 Å². The van der Waals surface area contributed by atoms with Crippen LogP contribution in [0.4, 0.5) is 5.00 Å². The molecule has 0 saturated carbocycles. The lowest BCUT2D eigenvalue weighted by molar-refractivity contribution is -0.115. The molecule has 0 atom stereocenters. The van der Waals surface area contributed by atoms with Gasteiger partial charge in [-0.1, -0.05) is 0 Å². The second kappa shape index (κ2) is 6.85. The lowest BCUT2D eigenvalue weighted by atomic mass is 10.1. The van der Waals surface area contributed by atoms with Crippen LogP contribution in [0.2, 0.25) is 0 Å². The Morgan fingerprint density at radius 3 is 2.55 bits per heavy atom. The molecule has 1 rings (SSSR count). The van der Waals surface area contributed by atoms with Crippen molar-refractivity contribution in [3.05, 3.63) is 16.5 Å². The van der Waals surface area contributed by atoms with Crippen molar-refractivity contribution in [3.63, 3.8) is 0 Å². The van der Waals surface area contributed by atoms with Crippen LogP contribution in [0.5, 0.6) is 0 Å². The van der Waals surface area contributed by atoms with Gasteiger partial charge in [0.25, 0.3) is 0 Å². The normalized spacial score (nSPS) is 11.2. The number of nitrogens with one attached hydrogen (secondary N) is 2. The van der Waals surface area contributed by atoms with Crippen LogP contribution >= 0.6 is 11.3 Å². The van der Waals surface area contributed by atoms with E-state index in [9.17, 15) is 9.59 Å². The first-order chi connectivity index (χ1) is 9.23. The second-order valence-electron chi connectivity index (χ2n) is 5.47. The van der Waals surface area contributed by atoms with Gasteiger partial charge in [0.1, 0.15) is 5.00 Å². The number of esters is 1. The third-order valence-corrected chi connectivity index (χ3v) is 3.35. The Labute approximate surface area is 123 Å². The maximum absolute atomic E-state index is 11.9. The van der Waals surface area contributed by atoms with Crippen molar-refractivity contribution in [3.8, 4) is 0 Å². The van der Waals surface area contributed by atoms with Crippen molar-refractivity contribution in [1.29, 1.82) is 0 Å². The van der Waals surface area contributed by atoms with Gasteiger partial charge in [0.15, 0.2) is 0 Å². The summed E-state index contributed by atoms with van der Waals surface area (Å²) in [5.74, 6) is -0.580. The fourth-order valence-electron chi connectivity index (χ4n) is 1.48. The molecule has 0 aliphatic heterocycles. The summed E-state index contributed by atoms with van der Waals surface area (Å²) in [4.78, 5) is 24.6. The van der Waals surface area contributed by atoms with Crippen molar-refractivity contribution >= 4 is 28.2 Å². The van der Waals surface area contributed by atoms with Crippen LogP contribution in [0, 0.1) is 6.92 Å². The molecular formula is C14H22N2O3S. The maximum Gasteiger partial charge on any atom is 0.341 e. The van der Waals surface area contributed by atoms with Crippen LogP contribution in [0.25, 0.3) is 0 Å². The predicted octanol–water partition coefficient (Wildman–Crippen LogP) is 2.56. The lowest BCUT2D eigenvalue weighted by Crippen LogP contribution is -2.41. The highest BCUT2D eigenvalue weighted by Gasteiger charge is 2.18. The summed E-state index contributed by atoms with van der Waals surface area (Å²) in [5, 5.41) is 6.40. The van der Waals surface area contributed by atoms with E-state index < -0.39 is 5.97 Å². The molecule has 0 saturated heterocycles. The summed E-state index contributed by atoms with van der Waals surface area (Å²) in [6.07, 6.45) is 0. The summed E-state index contributed by atoms with van der Waals surface area (Å²) < 4.78 is 4.98. The highest BCUT2D eigenvalue weighted by molar-refractivity contribution is 7.16. The summed E-state index contributed by atoms with van der Waals surface area (Å²) >= 11 is 1.37. The minimum absolute atomic E-state index is 0.132. The fourth-order valence-corrected chi connectivity index (χ4v) is 2.40. The van der Waals surface area contributed by atoms with Crippen LogP contribution in [0.15, 0.2) is 6.07 Å². The molecule has 1 aromatic rings. The number of rotatable bonds is 5. The molecule has 1 amide bonds. The zero-order chi connectivity index (χ0) is 15.3. The average Bonchev–Trinajstić information content (AvgIpc) is 2.67. The molecule has 0 radical (unpaired) electrons. The molecule has 0 bridgehead atoms. The topological polar surface area (TPSA) is 67.4 Å². The van der Waals surface area contributed by atoms with E-state index in [1.54, 1.807) is 13.0 Å². The number of hydrogen-bond donors (Lipinski definition) is 2. The number of ether oxygens (including phenoxy) is 1. The van der Waals surface area contributed by atoms with Crippen molar-refractivity contribution in [1.82, 2.24) is 5.32 Å². The Kier molecular flexibility index (Phi) is 5.71. The summed E-state index contributed by atoms with van der Waals surface area (Å²) in [5.41, 5.74) is 0.283. The van der Waals surface area contributed by atoms with Crippen molar-refractivity contribution < 1.29 is 14.3 Å². The summed E-state index contributed by atoms with van der Waals surface area (Å²) in [7, 11) is 0. The molecular weight excluding hydrogens is 276 g/mol. The van der Waals surface area contributed by atoms with Crippen molar-refractivity contribution in [2.75, 3.05) is 18.5 Å². The maximum atomic E-state index is 11.9. The quantitative estimate of drug-likeness (QED) is 0.820. The van der Waals surface area contributed by atoms with E-state index in [4.69, 9.17) is 4.74 Å². The summed E-state index contributed by atoms with van der Waals surface area (Å²) in [6, 6.07) is 1.73. The molecule has 0 aliphatic rings. The molecule has 112 valence electrons. The number of carbonyl (C=O) groups excluding carboxylic acids is 2. The van der Waals surface area contributed by atoms with Gasteiger partial charge >= 0.3 is 5.97 Å². The van der Waals surface area contributed by atoms with E-state index in [-0.39, 0.29) is 18.0 Å². The number of hydrogen-bond acceptors (Lipinski definition) is 5. The molecule has 5 nitrogen and oxygen atoms in total. The number of amides is 1. The predicted molar refractivity (Wildman–Crippen MR) is 81.4 cm³/mol. The lowest BCUT2D eigenvalue weighted by Gasteiger charge is -2.19. The Morgan fingerprint density at radius 2 is 2.00 bits per heavy atom. The molecule has 1 heterocycles. The van der Waals surface area contributed by atoms with Gasteiger partial charge in [-0.3, -0.25) is 4.79 Å². The number of thiophene rings is 1. The second-order valence-corrected chi connectivity index (χ2v) is 6.73. The standard InChI is InChI=1S/C14H22N2O3S/c1-6-19-13(18)10-7-9(2)20-12(10)16-11(17)8-15-14(3,4)5/h7,15H,6,8H2,1-5H3,(H,16,17). The Balaban J connectivity index is 2.72. The first-order valence-electron chi connectivity index (χ1n) is 6.55. The molecule has 0 aliphatic carbocycles. The number of anilines is 1. The van der Waals surface area contributed by atoms with E-state index >= 15 is 0 Å². The van der Waals surface area contributed by atoms with Gasteiger partial charge < -0.3 is 15.4 Å². The smallest absolute Gasteiger partial charge is 0.341 e.